The van der Waals surface area contributed by atoms with Crippen LogP contribution in [0.25, 0.3) is 0 Å². The van der Waals surface area contributed by atoms with Gasteiger partial charge in [0.05, 0.1) is 6.04 Å². The quantitative estimate of drug-likeness (QED) is 0.846. The summed E-state index contributed by atoms with van der Waals surface area (Å²) in [5.41, 5.74) is 0. The van der Waals surface area contributed by atoms with E-state index < -0.39 is 0 Å². The monoisotopic (exact) mass is 347 g/mol. The Kier molecular flexibility index (Phi) is 5.03. The number of hydrogen-bond donors (Lipinski definition) is 1. The summed E-state index contributed by atoms with van der Waals surface area (Å²) >= 11 is 0. The molecule has 0 bridgehead atoms. The molecule has 0 unspecified atom stereocenters. The average molecular weight is 348 g/mol. The zero-order valence-electron chi connectivity index (χ0n) is 15.6. The van der Waals surface area contributed by atoms with Gasteiger partial charge in [-0.15, -0.1) is 0 Å². The van der Waals surface area contributed by atoms with Crippen LogP contribution in [0, 0.1) is 17.8 Å². The molecule has 25 heavy (non-hydrogen) atoms. The van der Waals surface area contributed by atoms with E-state index in [0.717, 1.165) is 44.4 Å². The van der Waals surface area contributed by atoms with Gasteiger partial charge in [-0.25, -0.2) is 0 Å². The largest absolute Gasteiger partial charge is 0.351 e. The predicted octanol–water partition coefficient (Wildman–Crippen LogP) is 2.01. The molecular weight excluding hydrogens is 314 g/mol. The molecule has 2 atom stereocenters. The third-order valence-corrected chi connectivity index (χ3v) is 7.11. The molecule has 2 aliphatic carbocycles. The van der Waals surface area contributed by atoms with E-state index in [2.05, 4.69) is 10.2 Å². The molecule has 4 fully saturated rings. The minimum Gasteiger partial charge on any atom is -0.351 e. The minimum absolute atomic E-state index is 0.146. The van der Waals surface area contributed by atoms with Crippen LogP contribution in [0.5, 0.6) is 0 Å². The second-order valence-electron chi connectivity index (χ2n) is 8.79. The van der Waals surface area contributed by atoms with Crippen molar-refractivity contribution < 1.29 is 9.59 Å². The fraction of sp³-hybridized carbons (Fsp3) is 0.900. The van der Waals surface area contributed by atoms with E-state index in [4.69, 9.17) is 0 Å². The smallest absolute Gasteiger partial charge is 0.223 e. The van der Waals surface area contributed by atoms with Gasteiger partial charge < -0.3 is 15.1 Å². The number of hydrogen-bond acceptors (Lipinski definition) is 3. The van der Waals surface area contributed by atoms with Crippen LogP contribution in [0.4, 0.5) is 0 Å². The Morgan fingerprint density at radius 2 is 1.60 bits per heavy atom. The SMILES string of the molecule is CC(=O)N1C[C@H](NC(=O)C2CCN(C3CCCC3)CC2)[C@@H](C2CC2)C1. The maximum Gasteiger partial charge on any atom is 0.223 e. The van der Waals surface area contributed by atoms with Crippen molar-refractivity contribution in [3.05, 3.63) is 0 Å². The van der Waals surface area contributed by atoms with Gasteiger partial charge in [0.2, 0.25) is 11.8 Å². The summed E-state index contributed by atoms with van der Waals surface area (Å²) in [6.45, 7) is 5.36. The Hall–Kier alpha value is -1.10. The van der Waals surface area contributed by atoms with Crippen LogP contribution in [0.2, 0.25) is 0 Å². The molecule has 140 valence electrons. The molecule has 0 radical (unpaired) electrons. The van der Waals surface area contributed by atoms with Crippen LogP contribution >= 0.6 is 0 Å². The summed E-state index contributed by atoms with van der Waals surface area (Å²) in [6, 6.07) is 0.957. The van der Waals surface area contributed by atoms with Crippen LogP contribution in [-0.4, -0.2) is 59.9 Å². The molecule has 5 nitrogen and oxygen atoms in total. The lowest BCUT2D eigenvalue weighted by Crippen LogP contribution is -2.48. The third-order valence-electron chi connectivity index (χ3n) is 7.11. The van der Waals surface area contributed by atoms with Gasteiger partial charge in [-0.2, -0.15) is 0 Å². The molecule has 2 heterocycles. The lowest BCUT2D eigenvalue weighted by Gasteiger charge is -2.36. The first-order valence-corrected chi connectivity index (χ1v) is 10.4. The van der Waals surface area contributed by atoms with E-state index in [-0.39, 0.29) is 23.8 Å². The maximum absolute atomic E-state index is 12.8. The van der Waals surface area contributed by atoms with Crippen LogP contribution in [0.3, 0.4) is 0 Å². The Morgan fingerprint density at radius 3 is 2.20 bits per heavy atom. The lowest BCUT2D eigenvalue weighted by atomic mass is 9.92. The topological polar surface area (TPSA) is 52.7 Å². The first-order valence-electron chi connectivity index (χ1n) is 10.4. The first-order chi connectivity index (χ1) is 12.1. The lowest BCUT2D eigenvalue weighted by molar-refractivity contribution is -0.129. The molecule has 4 rings (SSSR count). The molecule has 5 heteroatoms. The summed E-state index contributed by atoms with van der Waals surface area (Å²) in [4.78, 5) is 29.1. The Morgan fingerprint density at radius 1 is 0.920 bits per heavy atom. The minimum atomic E-state index is 0.146. The number of amides is 2. The molecule has 4 aliphatic rings. The van der Waals surface area contributed by atoms with Crippen LogP contribution in [0.1, 0.15) is 58.3 Å². The van der Waals surface area contributed by atoms with Crippen molar-refractivity contribution in [2.75, 3.05) is 26.2 Å². The number of nitrogens with zero attached hydrogens (tertiary/aromatic N) is 2. The standard InChI is InChI=1S/C20H33N3O2/c1-14(24)23-12-18(15-6-7-15)19(13-23)21-20(25)16-8-10-22(11-9-16)17-4-2-3-5-17/h15-19H,2-13H2,1H3,(H,21,25)/t18-,19+/m1/s1. The highest BCUT2D eigenvalue weighted by molar-refractivity contribution is 5.79. The summed E-state index contributed by atoms with van der Waals surface area (Å²) in [6.07, 6.45) is 9.99. The van der Waals surface area contributed by atoms with Crippen LogP contribution in [0.15, 0.2) is 0 Å². The zero-order chi connectivity index (χ0) is 17.4. The van der Waals surface area contributed by atoms with Crippen LogP contribution in [-0.2, 0) is 9.59 Å². The van der Waals surface area contributed by atoms with Crippen molar-refractivity contribution in [3.63, 3.8) is 0 Å². The fourth-order valence-corrected chi connectivity index (χ4v) is 5.34. The van der Waals surface area contributed by atoms with Gasteiger partial charge in [-0.05, 0) is 57.5 Å². The van der Waals surface area contributed by atoms with Crippen LogP contribution < -0.4 is 5.32 Å². The summed E-state index contributed by atoms with van der Waals surface area (Å²) < 4.78 is 0. The number of rotatable bonds is 4. The molecule has 2 amide bonds. The molecule has 2 saturated carbocycles. The highest BCUT2D eigenvalue weighted by Crippen LogP contribution is 2.41. The third kappa shape index (κ3) is 3.86. The van der Waals surface area contributed by atoms with Gasteiger partial charge in [0.25, 0.3) is 0 Å². The van der Waals surface area contributed by atoms with E-state index >= 15 is 0 Å². The van der Waals surface area contributed by atoms with E-state index in [1.165, 1.54) is 38.5 Å². The normalized spacial score (nSPS) is 32.3. The van der Waals surface area contributed by atoms with Gasteiger partial charge >= 0.3 is 0 Å². The Balaban J connectivity index is 1.29. The molecule has 2 saturated heterocycles. The number of likely N-dealkylation sites (tertiary alicyclic amines) is 2. The van der Waals surface area contributed by atoms with Gasteiger partial charge in [0.15, 0.2) is 0 Å². The molecular formula is C20H33N3O2. The number of carbonyl (C=O) groups excluding carboxylic acids is 2. The highest BCUT2D eigenvalue weighted by atomic mass is 16.2. The van der Waals surface area contributed by atoms with Crippen molar-refractivity contribution in [1.82, 2.24) is 15.1 Å². The summed E-state index contributed by atoms with van der Waals surface area (Å²) in [5, 5.41) is 3.34. The van der Waals surface area contributed by atoms with E-state index in [0.29, 0.717) is 12.5 Å². The van der Waals surface area contributed by atoms with Crippen molar-refractivity contribution in [2.24, 2.45) is 17.8 Å². The number of carbonyl (C=O) groups is 2. The Bertz CT molecular complexity index is 505. The van der Waals surface area contributed by atoms with Gasteiger partial charge in [-0.1, -0.05) is 12.8 Å². The maximum atomic E-state index is 12.8. The van der Waals surface area contributed by atoms with Crippen molar-refractivity contribution in [3.8, 4) is 0 Å². The van der Waals surface area contributed by atoms with Gasteiger partial charge in [-0.3, -0.25) is 9.59 Å². The number of nitrogens with one attached hydrogen (secondary N) is 1. The van der Waals surface area contributed by atoms with Crippen molar-refractivity contribution in [2.45, 2.75) is 70.4 Å². The average Bonchev–Trinajstić information content (AvgIpc) is 3.14. The molecule has 2 aliphatic heterocycles. The van der Waals surface area contributed by atoms with E-state index in [1.54, 1.807) is 6.92 Å². The Labute approximate surface area is 151 Å². The molecule has 0 spiro atoms. The second kappa shape index (κ2) is 7.26. The highest BCUT2D eigenvalue weighted by Gasteiger charge is 2.44. The van der Waals surface area contributed by atoms with Gasteiger partial charge in [0, 0.05) is 37.9 Å². The molecule has 0 aromatic heterocycles. The summed E-state index contributed by atoms with van der Waals surface area (Å²) in [5.74, 6) is 1.76. The molecule has 0 aromatic rings. The first kappa shape index (κ1) is 17.3. The second-order valence-corrected chi connectivity index (χ2v) is 8.79. The van der Waals surface area contributed by atoms with Crippen molar-refractivity contribution >= 4 is 11.8 Å². The van der Waals surface area contributed by atoms with E-state index in [9.17, 15) is 9.59 Å². The molecule has 1 N–H and O–H groups in total. The van der Waals surface area contributed by atoms with E-state index in [1.807, 2.05) is 4.90 Å². The molecule has 0 aromatic carbocycles. The predicted molar refractivity (Wildman–Crippen MR) is 97.0 cm³/mol. The van der Waals surface area contributed by atoms with Crippen molar-refractivity contribution in [1.29, 1.82) is 0 Å². The summed E-state index contributed by atoms with van der Waals surface area (Å²) in [7, 11) is 0. The van der Waals surface area contributed by atoms with Gasteiger partial charge in [0.1, 0.15) is 0 Å². The zero-order valence-corrected chi connectivity index (χ0v) is 15.6. The number of piperidine rings is 1. The fourth-order valence-electron chi connectivity index (χ4n) is 5.34.